The number of urea groups is 1. The minimum Gasteiger partial charge on any atom is -0.351 e. The average Bonchev–Trinajstić information content (AvgIpc) is 1.60. The average molecular weight is 145 g/mol. The Balaban J connectivity index is 3.80. The lowest BCUT2D eigenvalue weighted by Crippen LogP contribution is -2.47. The summed E-state index contributed by atoms with van der Waals surface area (Å²) < 4.78 is 0. The maximum atomic E-state index is 10.5. The third-order valence-corrected chi connectivity index (χ3v) is 1.02. The van der Waals surface area contributed by atoms with E-state index < -0.39 is 6.03 Å². The zero-order valence-corrected chi connectivity index (χ0v) is 6.72. The van der Waals surface area contributed by atoms with E-state index in [9.17, 15) is 4.79 Å². The minimum absolute atomic E-state index is 0.371. The number of likely N-dealkylation sites (N-methyl/N-ethyl adjacent to an activating group) is 1. The molecular weight excluding hydrogens is 130 g/mol. The highest BCUT2D eigenvalue weighted by Crippen LogP contribution is 1.98. The molecule has 10 heavy (non-hydrogen) atoms. The molecule has 0 aliphatic carbocycles. The van der Waals surface area contributed by atoms with Gasteiger partial charge in [-0.3, -0.25) is 0 Å². The lowest BCUT2D eigenvalue weighted by atomic mass is 10.1. The minimum atomic E-state index is -0.446. The molecule has 0 atom stereocenters. The number of hydrogen-bond acceptors (Lipinski definition) is 2. The van der Waals surface area contributed by atoms with Crippen molar-refractivity contribution in [1.29, 1.82) is 0 Å². The van der Waals surface area contributed by atoms with Gasteiger partial charge < -0.3 is 16.4 Å². The smallest absolute Gasteiger partial charge is 0.314 e. The molecule has 0 saturated carbocycles. The SMILES string of the molecule is CN(CC(C)(C)N)C(N)=O. The normalized spacial score (nSPS) is 11.2. The molecule has 60 valence electrons. The van der Waals surface area contributed by atoms with E-state index in [4.69, 9.17) is 11.5 Å². The maximum absolute atomic E-state index is 10.5. The topological polar surface area (TPSA) is 72.3 Å². The Bertz CT molecular complexity index is 127. The van der Waals surface area contributed by atoms with Crippen LogP contribution in [0.15, 0.2) is 0 Å². The number of carbonyl (C=O) groups excluding carboxylic acids is 1. The second kappa shape index (κ2) is 2.88. The number of carbonyl (C=O) groups is 1. The quantitative estimate of drug-likeness (QED) is 0.561. The Labute approximate surface area is 61.2 Å². The van der Waals surface area contributed by atoms with E-state index in [1.807, 2.05) is 13.8 Å². The van der Waals surface area contributed by atoms with E-state index in [0.717, 1.165) is 0 Å². The van der Waals surface area contributed by atoms with Crippen molar-refractivity contribution >= 4 is 6.03 Å². The molecule has 2 amide bonds. The van der Waals surface area contributed by atoms with Crippen LogP contribution in [-0.4, -0.2) is 30.1 Å². The highest BCUT2D eigenvalue weighted by molar-refractivity contribution is 5.71. The van der Waals surface area contributed by atoms with Crippen LogP contribution in [0, 0.1) is 0 Å². The van der Waals surface area contributed by atoms with Gasteiger partial charge in [-0.15, -0.1) is 0 Å². The third-order valence-electron chi connectivity index (χ3n) is 1.02. The predicted octanol–water partition coefficient (Wildman–Crippen LogP) is -0.266. The van der Waals surface area contributed by atoms with Crippen LogP contribution in [-0.2, 0) is 0 Å². The predicted molar refractivity (Wildman–Crippen MR) is 40.5 cm³/mol. The molecule has 0 aromatic carbocycles. The van der Waals surface area contributed by atoms with Gasteiger partial charge in [-0.25, -0.2) is 4.79 Å². The van der Waals surface area contributed by atoms with E-state index >= 15 is 0 Å². The third kappa shape index (κ3) is 4.14. The van der Waals surface area contributed by atoms with Gasteiger partial charge in [-0.2, -0.15) is 0 Å². The molecule has 0 radical (unpaired) electrons. The van der Waals surface area contributed by atoms with E-state index in [0.29, 0.717) is 6.54 Å². The summed E-state index contributed by atoms with van der Waals surface area (Å²) in [6.07, 6.45) is 0. The van der Waals surface area contributed by atoms with E-state index in [-0.39, 0.29) is 5.54 Å². The molecule has 0 fully saturated rings. The molecule has 0 aliphatic rings. The standard InChI is InChI=1S/C6H15N3O/c1-6(2,8)4-9(3)5(7)10/h4,8H2,1-3H3,(H2,7,10). The van der Waals surface area contributed by atoms with Crippen LogP contribution in [0.3, 0.4) is 0 Å². The number of rotatable bonds is 2. The summed E-state index contributed by atoms with van der Waals surface area (Å²) in [6.45, 7) is 4.15. The summed E-state index contributed by atoms with van der Waals surface area (Å²) in [7, 11) is 1.62. The number of hydrogen-bond donors (Lipinski definition) is 2. The van der Waals surface area contributed by atoms with Gasteiger partial charge in [0.05, 0.1) is 0 Å². The molecule has 0 unspecified atom stereocenters. The van der Waals surface area contributed by atoms with Crippen molar-refractivity contribution in [2.75, 3.05) is 13.6 Å². The second-order valence-corrected chi connectivity index (χ2v) is 3.18. The maximum Gasteiger partial charge on any atom is 0.314 e. The van der Waals surface area contributed by atoms with Gasteiger partial charge >= 0.3 is 6.03 Å². The highest BCUT2D eigenvalue weighted by Gasteiger charge is 2.15. The summed E-state index contributed by atoms with van der Waals surface area (Å²) in [6, 6.07) is -0.446. The zero-order valence-electron chi connectivity index (χ0n) is 6.72. The van der Waals surface area contributed by atoms with Crippen molar-refractivity contribution in [2.45, 2.75) is 19.4 Å². The number of nitrogens with two attached hydrogens (primary N) is 2. The lowest BCUT2D eigenvalue weighted by molar-refractivity contribution is 0.208. The van der Waals surface area contributed by atoms with Crippen molar-refractivity contribution in [3.8, 4) is 0 Å². The van der Waals surface area contributed by atoms with E-state index in [1.54, 1.807) is 7.05 Å². The molecule has 0 saturated heterocycles. The molecule has 0 aromatic heterocycles. The van der Waals surface area contributed by atoms with Crippen molar-refractivity contribution < 1.29 is 4.79 Å². The van der Waals surface area contributed by atoms with Gasteiger partial charge in [0.25, 0.3) is 0 Å². The Morgan fingerprint density at radius 2 is 2.00 bits per heavy atom. The Hall–Kier alpha value is -0.770. The van der Waals surface area contributed by atoms with Crippen LogP contribution < -0.4 is 11.5 Å². The van der Waals surface area contributed by atoms with Gasteiger partial charge in [0.1, 0.15) is 0 Å². The zero-order chi connectivity index (χ0) is 8.36. The Kier molecular flexibility index (Phi) is 2.65. The number of nitrogens with zero attached hydrogens (tertiary/aromatic N) is 1. The second-order valence-electron chi connectivity index (χ2n) is 3.18. The molecule has 0 rings (SSSR count). The molecule has 4 N–H and O–H groups in total. The molecule has 0 aromatic rings. The summed E-state index contributed by atoms with van der Waals surface area (Å²) in [5.74, 6) is 0. The lowest BCUT2D eigenvalue weighted by Gasteiger charge is -2.24. The van der Waals surface area contributed by atoms with Gasteiger partial charge in [0, 0.05) is 19.1 Å². The van der Waals surface area contributed by atoms with Gasteiger partial charge in [0.2, 0.25) is 0 Å². The van der Waals surface area contributed by atoms with Crippen molar-refractivity contribution in [3.05, 3.63) is 0 Å². The molecule has 0 aliphatic heterocycles. The molecule has 0 spiro atoms. The highest BCUT2D eigenvalue weighted by atomic mass is 16.2. The van der Waals surface area contributed by atoms with Gasteiger partial charge in [-0.1, -0.05) is 0 Å². The van der Waals surface area contributed by atoms with E-state index in [2.05, 4.69) is 0 Å². The van der Waals surface area contributed by atoms with Crippen molar-refractivity contribution in [1.82, 2.24) is 4.90 Å². The van der Waals surface area contributed by atoms with Crippen molar-refractivity contribution in [2.24, 2.45) is 11.5 Å². The van der Waals surface area contributed by atoms with Gasteiger partial charge in [-0.05, 0) is 13.8 Å². The van der Waals surface area contributed by atoms with Crippen LogP contribution in [0.2, 0.25) is 0 Å². The van der Waals surface area contributed by atoms with Crippen LogP contribution in [0.5, 0.6) is 0 Å². The van der Waals surface area contributed by atoms with Crippen LogP contribution in [0.1, 0.15) is 13.8 Å². The van der Waals surface area contributed by atoms with E-state index in [1.165, 1.54) is 4.90 Å². The van der Waals surface area contributed by atoms with Crippen LogP contribution >= 0.6 is 0 Å². The molecular formula is C6H15N3O. The molecule has 0 heterocycles. The van der Waals surface area contributed by atoms with Crippen molar-refractivity contribution in [3.63, 3.8) is 0 Å². The fraction of sp³-hybridized carbons (Fsp3) is 0.833. The first-order valence-electron chi connectivity index (χ1n) is 3.12. The summed E-state index contributed by atoms with van der Waals surface area (Å²) >= 11 is 0. The number of primary amides is 1. The monoisotopic (exact) mass is 145 g/mol. The molecule has 4 heteroatoms. The fourth-order valence-corrected chi connectivity index (χ4v) is 0.689. The Morgan fingerprint density at radius 3 is 2.10 bits per heavy atom. The molecule has 0 bridgehead atoms. The fourth-order valence-electron chi connectivity index (χ4n) is 0.689. The largest absolute Gasteiger partial charge is 0.351 e. The Morgan fingerprint density at radius 1 is 1.60 bits per heavy atom. The first kappa shape index (κ1) is 9.23. The van der Waals surface area contributed by atoms with Crippen LogP contribution in [0.25, 0.3) is 0 Å². The van der Waals surface area contributed by atoms with Crippen LogP contribution in [0.4, 0.5) is 4.79 Å². The summed E-state index contributed by atoms with van der Waals surface area (Å²) in [5.41, 5.74) is 10.2. The first-order valence-corrected chi connectivity index (χ1v) is 3.12. The first-order chi connectivity index (χ1) is 4.33. The summed E-state index contributed by atoms with van der Waals surface area (Å²) in [5, 5.41) is 0. The molecule has 4 nitrogen and oxygen atoms in total. The van der Waals surface area contributed by atoms with Gasteiger partial charge in [0.15, 0.2) is 0 Å². The summed E-state index contributed by atoms with van der Waals surface area (Å²) in [4.78, 5) is 11.9. The number of amides is 2.